The number of para-hydroxylation sites is 1. The second-order valence-electron chi connectivity index (χ2n) is 4.65. The van der Waals surface area contributed by atoms with Crippen molar-refractivity contribution in [3.8, 4) is 0 Å². The van der Waals surface area contributed by atoms with Crippen LogP contribution in [0.1, 0.15) is 37.6 Å². The van der Waals surface area contributed by atoms with E-state index in [1.807, 2.05) is 17.9 Å². The second kappa shape index (κ2) is 5.71. The average molecular weight is 243 g/mol. The van der Waals surface area contributed by atoms with Crippen molar-refractivity contribution in [1.29, 1.82) is 0 Å². The summed E-state index contributed by atoms with van der Waals surface area (Å²) in [4.78, 5) is 0. The third kappa shape index (κ3) is 2.73. The molecule has 1 aromatic heterocycles. The molecule has 0 aliphatic rings. The summed E-state index contributed by atoms with van der Waals surface area (Å²) in [6.07, 6.45) is 4.12. The Morgan fingerprint density at radius 2 is 2.06 bits per heavy atom. The highest BCUT2D eigenvalue weighted by molar-refractivity contribution is 5.52. The number of nitrogens with zero attached hydrogens (tertiary/aromatic N) is 2. The third-order valence-corrected chi connectivity index (χ3v) is 3.21. The molecule has 0 saturated carbocycles. The summed E-state index contributed by atoms with van der Waals surface area (Å²) in [7, 11) is 1.98. The summed E-state index contributed by atoms with van der Waals surface area (Å²) in [5, 5.41) is 7.79. The van der Waals surface area contributed by atoms with Gasteiger partial charge in [0, 0.05) is 18.9 Å². The van der Waals surface area contributed by atoms with E-state index in [2.05, 4.69) is 54.6 Å². The van der Waals surface area contributed by atoms with E-state index in [4.69, 9.17) is 0 Å². The Balaban J connectivity index is 2.16. The lowest BCUT2D eigenvalue weighted by molar-refractivity contribution is 0.675. The van der Waals surface area contributed by atoms with Crippen molar-refractivity contribution in [3.05, 3.63) is 47.8 Å². The summed E-state index contributed by atoms with van der Waals surface area (Å²) in [6, 6.07) is 10.8. The lowest BCUT2D eigenvalue weighted by atomic mass is 10.1. The van der Waals surface area contributed by atoms with Gasteiger partial charge >= 0.3 is 0 Å². The van der Waals surface area contributed by atoms with Crippen LogP contribution < -0.4 is 5.32 Å². The standard InChI is InChI=1S/C15H21N3/c1-4-7-13-8-5-6-9-14(13)17-12(2)15-10-11-16-18(15)3/h5-6,8-12,17H,4,7H2,1-3H3. The molecule has 1 aromatic carbocycles. The van der Waals surface area contributed by atoms with Gasteiger partial charge in [-0.05, 0) is 31.0 Å². The van der Waals surface area contributed by atoms with Crippen molar-refractivity contribution in [2.45, 2.75) is 32.7 Å². The fourth-order valence-electron chi connectivity index (χ4n) is 2.26. The highest BCUT2D eigenvalue weighted by Gasteiger charge is 2.10. The SMILES string of the molecule is CCCc1ccccc1NC(C)c1ccnn1C. The van der Waals surface area contributed by atoms with E-state index in [1.54, 1.807) is 0 Å². The van der Waals surface area contributed by atoms with E-state index >= 15 is 0 Å². The van der Waals surface area contributed by atoms with Crippen LogP contribution >= 0.6 is 0 Å². The Labute approximate surface area is 109 Å². The zero-order valence-corrected chi connectivity index (χ0v) is 11.4. The van der Waals surface area contributed by atoms with Crippen LogP contribution in [0.4, 0.5) is 5.69 Å². The molecule has 0 aliphatic carbocycles. The molecule has 1 heterocycles. The minimum absolute atomic E-state index is 0.260. The van der Waals surface area contributed by atoms with Crippen LogP contribution in [-0.2, 0) is 13.5 Å². The van der Waals surface area contributed by atoms with Crippen molar-refractivity contribution in [2.75, 3.05) is 5.32 Å². The van der Waals surface area contributed by atoms with Crippen LogP contribution in [-0.4, -0.2) is 9.78 Å². The molecular weight excluding hydrogens is 222 g/mol. The molecule has 1 unspecified atom stereocenters. The van der Waals surface area contributed by atoms with Gasteiger partial charge in [-0.25, -0.2) is 0 Å². The maximum absolute atomic E-state index is 4.21. The number of nitrogens with one attached hydrogen (secondary N) is 1. The first-order valence-corrected chi connectivity index (χ1v) is 6.54. The fourth-order valence-corrected chi connectivity index (χ4v) is 2.26. The molecule has 18 heavy (non-hydrogen) atoms. The minimum atomic E-state index is 0.260. The summed E-state index contributed by atoms with van der Waals surface area (Å²) in [5.41, 5.74) is 3.81. The van der Waals surface area contributed by atoms with Crippen molar-refractivity contribution < 1.29 is 0 Å². The predicted molar refractivity (Wildman–Crippen MR) is 75.7 cm³/mol. The first kappa shape index (κ1) is 12.7. The molecule has 3 nitrogen and oxygen atoms in total. The number of anilines is 1. The monoisotopic (exact) mass is 243 g/mol. The molecule has 2 aromatic rings. The molecule has 0 bridgehead atoms. The molecule has 0 fully saturated rings. The third-order valence-electron chi connectivity index (χ3n) is 3.21. The number of hydrogen-bond acceptors (Lipinski definition) is 2. The zero-order valence-electron chi connectivity index (χ0n) is 11.4. The van der Waals surface area contributed by atoms with Gasteiger partial charge in [-0.3, -0.25) is 4.68 Å². The van der Waals surface area contributed by atoms with Crippen LogP contribution in [0.2, 0.25) is 0 Å². The molecule has 0 radical (unpaired) electrons. The number of aryl methyl sites for hydroxylation is 2. The van der Waals surface area contributed by atoms with E-state index in [0.717, 1.165) is 6.42 Å². The Kier molecular flexibility index (Phi) is 4.03. The molecule has 2 rings (SSSR count). The fraction of sp³-hybridized carbons (Fsp3) is 0.400. The molecule has 0 amide bonds. The Hall–Kier alpha value is -1.77. The van der Waals surface area contributed by atoms with Crippen molar-refractivity contribution in [3.63, 3.8) is 0 Å². The van der Waals surface area contributed by atoms with Gasteiger partial charge in [0.05, 0.1) is 11.7 Å². The molecule has 3 heteroatoms. The minimum Gasteiger partial charge on any atom is -0.377 e. The Bertz CT molecular complexity index is 502. The molecule has 0 spiro atoms. The lowest BCUT2D eigenvalue weighted by Gasteiger charge is -2.18. The highest BCUT2D eigenvalue weighted by atomic mass is 15.3. The van der Waals surface area contributed by atoms with Gasteiger partial charge in [0.2, 0.25) is 0 Å². The number of hydrogen-bond donors (Lipinski definition) is 1. The van der Waals surface area contributed by atoms with Crippen molar-refractivity contribution in [1.82, 2.24) is 9.78 Å². The van der Waals surface area contributed by atoms with Gasteiger partial charge in [0.1, 0.15) is 0 Å². The summed E-state index contributed by atoms with van der Waals surface area (Å²) >= 11 is 0. The van der Waals surface area contributed by atoms with E-state index < -0.39 is 0 Å². The van der Waals surface area contributed by atoms with Crippen LogP contribution in [0.25, 0.3) is 0 Å². The van der Waals surface area contributed by atoms with Crippen LogP contribution in [0.5, 0.6) is 0 Å². The van der Waals surface area contributed by atoms with Crippen molar-refractivity contribution >= 4 is 5.69 Å². The smallest absolute Gasteiger partial charge is 0.0654 e. The maximum atomic E-state index is 4.21. The molecule has 1 N–H and O–H groups in total. The molecule has 0 saturated heterocycles. The van der Waals surface area contributed by atoms with E-state index in [-0.39, 0.29) is 6.04 Å². The maximum Gasteiger partial charge on any atom is 0.0654 e. The van der Waals surface area contributed by atoms with Gasteiger partial charge in [0.15, 0.2) is 0 Å². The van der Waals surface area contributed by atoms with Gasteiger partial charge in [-0.15, -0.1) is 0 Å². The summed E-state index contributed by atoms with van der Waals surface area (Å²) in [5.74, 6) is 0. The van der Waals surface area contributed by atoms with Gasteiger partial charge < -0.3 is 5.32 Å². The lowest BCUT2D eigenvalue weighted by Crippen LogP contribution is -2.12. The summed E-state index contributed by atoms with van der Waals surface area (Å²) < 4.78 is 1.92. The number of rotatable bonds is 5. The van der Waals surface area contributed by atoms with Gasteiger partial charge in [-0.1, -0.05) is 31.5 Å². The summed E-state index contributed by atoms with van der Waals surface area (Å²) in [6.45, 7) is 4.38. The van der Waals surface area contributed by atoms with Gasteiger partial charge in [0.25, 0.3) is 0 Å². The largest absolute Gasteiger partial charge is 0.377 e. The Morgan fingerprint density at radius 1 is 1.28 bits per heavy atom. The molecule has 1 atom stereocenters. The quantitative estimate of drug-likeness (QED) is 0.870. The molecule has 0 aliphatic heterocycles. The highest BCUT2D eigenvalue weighted by Crippen LogP contribution is 2.22. The normalized spacial score (nSPS) is 12.4. The van der Waals surface area contributed by atoms with E-state index in [0.29, 0.717) is 0 Å². The predicted octanol–water partition coefficient (Wildman–Crippen LogP) is 3.55. The number of aromatic nitrogens is 2. The number of benzene rings is 1. The molecule has 96 valence electrons. The Morgan fingerprint density at radius 3 is 2.72 bits per heavy atom. The first-order valence-electron chi connectivity index (χ1n) is 6.54. The zero-order chi connectivity index (χ0) is 13.0. The van der Waals surface area contributed by atoms with Crippen LogP contribution in [0, 0.1) is 0 Å². The second-order valence-corrected chi connectivity index (χ2v) is 4.65. The average Bonchev–Trinajstić information content (AvgIpc) is 2.78. The van der Waals surface area contributed by atoms with Gasteiger partial charge in [-0.2, -0.15) is 5.10 Å². The van der Waals surface area contributed by atoms with Crippen LogP contribution in [0.15, 0.2) is 36.5 Å². The first-order chi connectivity index (χ1) is 8.72. The van der Waals surface area contributed by atoms with E-state index in [9.17, 15) is 0 Å². The van der Waals surface area contributed by atoms with E-state index in [1.165, 1.54) is 23.4 Å². The molecular formula is C15H21N3. The van der Waals surface area contributed by atoms with Crippen LogP contribution in [0.3, 0.4) is 0 Å². The topological polar surface area (TPSA) is 29.9 Å². The van der Waals surface area contributed by atoms with Crippen molar-refractivity contribution in [2.24, 2.45) is 7.05 Å².